The summed E-state index contributed by atoms with van der Waals surface area (Å²) in [6.45, 7) is 9.29. The number of rotatable bonds is 1. The standard InChI is InChI=1S/C10H18/c1-5-10(4)7-6-8(2)9(10)3/h6,9H,5,7H2,1-4H3. The Morgan fingerprint density at radius 3 is 2.50 bits per heavy atom. The maximum Gasteiger partial charge on any atom is -0.0178 e. The van der Waals surface area contributed by atoms with Crippen LogP contribution in [-0.2, 0) is 0 Å². The molecule has 2 atom stereocenters. The summed E-state index contributed by atoms with van der Waals surface area (Å²) in [6.07, 6.45) is 4.99. The Labute approximate surface area is 64.3 Å². The van der Waals surface area contributed by atoms with Crippen LogP contribution in [0.1, 0.15) is 40.5 Å². The molecule has 2 unspecified atom stereocenters. The number of hydrogen-bond acceptors (Lipinski definition) is 0. The van der Waals surface area contributed by atoms with E-state index in [-0.39, 0.29) is 0 Å². The van der Waals surface area contributed by atoms with E-state index in [0.29, 0.717) is 5.41 Å². The smallest absolute Gasteiger partial charge is 0.0178 e. The molecule has 0 aliphatic heterocycles. The van der Waals surface area contributed by atoms with Crippen molar-refractivity contribution in [1.82, 2.24) is 0 Å². The van der Waals surface area contributed by atoms with Gasteiger partial charge in [-0.1, -0.05) is 32.4 Å². The molecule has 0 aromatic heterocycles. The lowest BCUT2D eigenvalue weighted by Gasteiger charge is -2.28. The lowest BCUT2D eigenvalue weighted by atomic mass is 9.76. The van der Waals surface area contributed by atoms with Crippen molar-refractivity contribution in [2.45, 2.75) is 40.5 Å². The van der Waals surface area contributed by atoms with Gasteiger partial charge in [0.25, 0.3) is 0 Å². The molecule has 0 N–H and O–H groups in total. The van der Waals surface area contributed by atoms with Crippen molar-refractivity contribution in [1.29, 1.82) is 0 Å². The van der Waals surface area contributed by atoms with Gasteiger partial charge >= 0.3 is 0 Å². The highest BCUT2D eigenvalue weighted by molar-refractivity contribution is 5.15. The summed E-state index contributed by atoms with van der Waals surface area (Å²) in [6, 6.07) is 0. The first-order valence-corrected chi connectivity index (χ1v) is 4.27. The van der Waals surface area contributed by atoms with E-state index < -0.39 is 0 Å². The monoisotopic (exact) mass is 138 g/mol. The third kappa shape index (κ3) is 1.00. The van der Waals surface area contributed by atoms with E-state index in [1.165, 1.54) is 12.8 Å². The van der Waals surface area contributed by atoms with Crippen LogP contribution in [0.15, 0.2) is 11.6 Å². The Bertz CT molecular complexity index is 155. The Balaban J connectivity index is 2.72. The minimum atomic E-state index is 0.573. The SMILES string of the molecule is CCC1(C)CC=C(C)C1C. The van der Waals surface area contributed by atoms with Gasteiger partial charge in [-0.25, -0.2) is 0 Å². The third-order valence-corrected chi connectivity index (χ3v) is 3.43. The van der Waals surface area contributed by atoms with Crippen molar-refractivity contribution in [2.24, 2.45) is 11.3 Å². The highest BCUT2D eigenvalue weighted by Gasteiger charge is 2.33. The zero-order chi connectivity index (χ0) is 7.78. The van der Waals surface area contributed by atoms with Gasteiger partial charge < -0.3 is 0 Å². The van der Waals surface area contributed by atoms with Crippen molar-refractivity contribution in [3.63, 3.8) is 0 Å². The molecule has 0 nitrogen and oxygen atoms in total. The Morgan fingerprint density at radius 1 is 1.70 bits per heavy atom. The maximum atomic E-state index is 2.40. The molecule has 0 bridgehead atoms. The van der Waals surface area contributed by atoms with Crippen molar-refractivity contribution in [3.8, 4) is 0 Å². The van der Waals surface area contributed by atoms with E-state index in [0.717, 1.165) is 5.92 Å². The van der Waals surface area contributed by atoms with Gasteiger partial charge in [-0.15, -0.1) is 0 Å². The molecule has 0 radical (unpaired) electrons. The average Bonchev–Trinajstić information content (AvgIpc) is 2.19. The molecule has 0 aromatic carbocycles. The summed E-state index contributed by atoms with van der Waals surface area (Å²) in [5, 5.41) is 0. The summed E-state index contributed by atoms with van der Waals surface area (Å²) >= 11 is 0. The fourth-order valence-corrected chi connectivity index (χ4v) is 1.75. The minimum absolute atomic E-state index is 0.573. The molecule has 0 saturated carbocycles. The minimum Gasteiger partial charge on any atom is -0.0848 e. The van der Waals surface area contributed by atoms with Gasteiger partial charge in [0, 0.05) is 0 Å². The second-order valence-corrected chi connectivity index (χ2v) is 3.88. The number of allylic oxidation sites excluding steroid dienone is 2. The van der Waals surface area contributed by atoms with Crippen molar-refractivity contribution in [2.75, 3.05) is 0 Å². The summed E-state index contributed by atoms with van der Waals surface area (Å²) in [7, 11) is 0. The molecular formula is C10H18. The quantitative estimate of drug-likeness (QED) is 0.487. The van der Waals surface area contributed by atoms with Gasteiger partial charge in [0.05, 0.1) is 0 Å². The van der Waals surface area contributed by atoms with Crippen LogP contribution in [-0.4, -0.2) is 0 Å². The van der Waals surface area contributed by atoms with Gasteiger partial charge in [0.1, 0.15) is 0 Å². The molecule has 1 aliphatic carbocycles. The highest BCUT2D eigenvalue weighted by Crippen LogP contribution is 2.44. The van der Waals surface area contributed by atoms with Crippen LogP contribution in [0.2, 0.25) is 0 Å². The second kappa shape index (κ2) is 2.41. The predicted molar refractivity (Wildman–Crippen MR) is 45.9 cm³/mol. The van der Waals surface area contributed by atoms with E-state index in [1.807, 2.05) is 0 Å². The second-order valence-electron chi connectivity index (χ2n) is 3.88. The third-order valence-electron chi connectivity index (χ3n) is 3.43. The first-order valence-electron chi connectivity index (χ1n) is 4.27. The zero-order valence-electron chi connectivity index (χ0n) is 7.57. The highest BCUT2D eigenvalue weighted by atomic mass is 14.4. The van der Waals surface area contributed by atoms with Gasteiger partial charge in [0.15, 0.2) is 0 Å². The molecule has 0 fully saturated rings. The van der Waals surface area contributed by atoms with Crippen LogP contribution in [0, 0.1) is 11.3 Å². The molecule has 0 amide bonds. The molecule has 0 heterocycles. The van der Waals surface area contributed by atoms with Crippen molar-refractivity contribution >= 4 is 0 Å². The van der Waals surface area contributed by atoms with Gasteiger partial charge in [-0.3, -0.25) is 0 Å². The van der Waals surface area contributed by atoms with E-state index in [1.54, 1.807) is 5.57 Å². The summed E-state index contributed by atoms with van der Waals surface area (Å²) in [4.78, 5) is 0. The van der Waals surface area contributed by atoms with Crippen molar-refractivity contribution in [3.05, 3.63) is 11.6 Å². The van der Waals surface area contributed by atoms with Gasteiger partial charge in [-0.05, 0) is 31.1 Å². The van der Waals surface area contributed by atoms with E-state index in [2.05, 4.69) is 33.8 Å². The first-order chi connectivity index (χ1) is 4.60. The molecule has 1 rings (SSSR count). The van der Waals surface area contributed by atoms with Crippen LogP contribution in [0.5, 0.6) is 0 Å². The summed E-state index contributed by atoms with van der Waals surface area (Å²) in [5.74, 6) is 0.803. The van der Waals surface area contributed by atoms with Crippen LogP contribution in [0.4, 0.5) is 0 Å². The Kier molecular flexibility index (Phi) is 1.89. The molecule has 1 aliphatic rings. The number of hydrogen-bond donors (Lipinski definition) is 0. The molecule has 0 spiro atoms. The molecular weight excluding hydrogens is 120 g/mol. The van der Waals surface area contributed by atoms with E-state index in [9.17, 15) is 0 Å². The van der Waals surface area contributed by atoms with Gasteiger partial charge in [-0.2, -0.15) is 0 Å². The molecule has 0 heteroatoms. The van der Waals surface area contributed by atoms with Crippen molar-refractivity contribution < 1.29 is 0 Å². The van der Waals surface area contributed by atoms with Crippen LogP contribution < -0.4 is 0 Å². The van der Waals surface area contributed by atoms with Crippen LogP contribution in [0.25, 0.3) is 0 Å². The molecule has 0 aromatic rings. The maximum absolute atomic E-state index is 2.40. The molecule has 10 heavy (non-hydrogen) atoms. The lowest BCUT2D eigenvalue weighted by molar-refractivity contribution is 0.249. The zero-order valence-corrected chi connectivity index (χ0v) is 7.57. The summed E-state index contributed by atoms with van der Waals surface area (Å²) < 4.78 is 0. The molecule has 0 saturated heterocycles. The van der Waals surface area contributed by atoms with E-state index >= 15 is 0 Å². The van der Waals surface area contributed by atoms with Gasteiger partial charge in [0.2, 0.25) is 0 Å². The predicted octanol–water partition coefficient (Wildman–Crippen LogP) is 3.39. The van der Waals surface area contributed by atoms with Crippen LogP contribution >= 0.6 is 0 Å². The largest absolute Gasteiger partial charge is 0.0848 e. The fourth-order valence-electron chi connectivity index (χ4n) is 1.75. The first kappa shape index (κ1) is 7.84. The topological polar surface area (TPSA) is 0 Å². The Morgan fingerprint density at radius 2 is 2.30 bits per heavy atom. The average molecular weight is 138 g/mol. The van der Waals surface area contributed by atoms with Crippen LogP contribution in [0.3, 0.4) is 0 Å². The summed E-state index contributed by atoms with van der Waals surface area (Å²) in [5.41, 5.74) is 2.16. The Hall–Kier alpha value is -0.260. The normalized spacial score (nSPS) is 40.0. The van der Waals surface area contributed by atoms with E-state index in [4.69, 9.17) is 0 Å². The lowest BCUT2D eigenvalue weighted by Crippen LogP contribution is -2.19. The fraction of sp³-hybridized carbons (Fsp3) is 0.800. The molecule has 58 valence electrons.